The van der Waals surface area contributed by atoms with Crippen molar-refractivity contribution in [2.75, 3.05) is 4.72 Å². The highest BCUT2D eigenvalue weighted by atomic mass is 32.2. The molecule has 0 aliphatic rings. The van der Waals surface area contributed by atoms with Crippen LogP contribution in [0, 0.1) is 6.92 Å². The monoisotopic (exact) mass is 372 g/mol. The predicted octanol–water partition coefficient (Wildman–Crippen LogP) is 5.04. The first-order chi connectivity index (χ1) is 11.9. The summed E-state index contributed by atoms with van der Waals surface area (Å²) in [6.45, 7) is 5.74. The van der Waals surface area contributed by atoms with Gasteiger partial charge in [0, 0.05) is 11.6 Å². The third-order valence-electron chi connectivity index (χ3n) is 3.75. The molecule has 4 nitrogen and oxygen atoms in total. The van der Waals surface area contributed by atoms with Crippen molar-refractivity contribution in [1.82, 2.24) is 4.98 Å². The number of sulfonamides is 1. The Morgan fingerprint density at radius 1 is 0.960 bits per heavy atom. The van der Waals surface area contributed by atoms with Crippen LogP contribution >= 0.6 is 11.3 Å². The van der Waals surface area contributed by atoms with Crippen molar-refractivity contribution in [2.45, 2.75) is 30.9 Å². The highest BCUT2D eigenvalue weighted by Crippen LogP contribution is 2.30. The van der Waals surface area contributed by atoms with Crippen LogP contribution < -0.4 is 4.72 Å². The summed E-state index contributed by atoms with van der Waals surface area (Å²) in [6.07, 6.45) is 0. The Kier molecular flexibility index (Phi) is 4.92. The number of hydrogen-bond acceptors (Lipinski definition) is 4. The molecule has 130 valence electrons. The highest BCUT2D eigenvalue weighted by Gasteiger charge is 2.22. The molecule has 1 N–H and O–H groups in total. The molecule has 0 bridgehead atoms. The van der Waals surface area contributed by atoms with Crippen molar-refractivity contribution in [2.24, 2.45) is 0 Å². The van der Waals surface area contributed by atoms with E-state index in [-0.39, 0.29) is 10.1 Å². The van der Waals surface area contributed by atoms with Crippen molar-refractivity contribution in [1.29, 1.82) is 0 Å². The fourth-order valence-corrected chi connectivity index (χ4v) is 5.06. The summed E-state index contributed by atoms with van der Waals surface area (Å²) < 4.78 is 28.3. The molecule has 0 atom stereocenters. The van der Waals surface area contributed by atoms with E-state index in [2.05, 4.69) is 9.71 Å². The van der Waals surface area contributed by atoms with Crippen molar-refractivity contribution in [3.63, 3.8) is 0 Å². The molecule has 3 aromatic rings. The molecule has 3 rings (SSSR count). The van der Waals surface area contributed by atoms with Gasteiger partial charge in [-0.1, -0.05) is 56.3 Å². The molecule has 6 heteroatoms. The average Bonchev–Trinajstić information content (AvgIpc) is 2.99. The minimum absolute atomic E-state index is 0.206. The van der Waals surface area contributed by atoms with Crippen LogP contribution in [-0.4, -0.2) is 13.4 Å². The van der Waals surface area contributed by atoms with Crippen molar-refractivity contribution < 1.29 is 8.42 Å². The minimum atomic E-state index is -3.63. The first-order valence-corrected chi connectivity index (χ1v) is 10.3. The second kappa shape index (κ2) is 6.98. The fraction of sp³-hybridized carbons (Fsp3) is 0.211. The van der Waals surface area contributed by atoms with Gasteiger partial charge >= 0.3 is 0 Å². The number of hydrogen-bond donors (Lipinski definition) is 1. The quantitative estimate of drug-likeness (QED) is 0.682. The van der Waals surface area contributed by atoms with Gasteiger partial charge in [0.05, 0.1) is 10.7 Å². The van der Waals surface area contributed by atoms with Crippen LogP contribution in [0.5, 0.6) is 0 Å². The standard InChI is InChI=1S/C19H20N2O2S2/c1-13(2)18-20-14(3)19(24-18)25(22,23)21-17-11-9-16(10-12-17)15-7-5-4-6-8-15/h4-13,21H,1-3H3. The van der Waals surface area contributed by atoms with Gasteiger partial charge in [0.25, 0.3) is 10.0 Å². The summed E-state index contributed by atoms with van der Waals surface area (Å²) in [4.78, 5) is 4.37. The smallest absolute Gasteiger partial charge is 0.273 e. The summed E-state index contributed by atoms with van der Waals surface area (Å²) in [5, 5.41) is 0.831. The maximum atomic E-state index is 12.7. The molecule has 0 spiro atoms. The van der Waals surface area contributed by atoms with Crippen LogP contribution in [-0.2, 0) is 10.0 Å². The van der Waals surface area contributed by atoms with E-state index in [0.29, 0.717) is 11.4 Å². The van der Waals surface area contributed by atoms with Crippen molar-refractivity contribution >= 4 is 27.0 Å². The summed E-state index contributed by atoms with van der Waals surface area (Å²) in [5.74, 6) is 0.206. The van der Waals surface area contributed by atoms with Crippen LogP contribution in [0.4, 0.5) is 5.69 Å². The topological polar surface area (TPSA) is 59.1 Å². The van der Waals surface area contributed by atoms with Crippen LogP contribution in [0.15, 0.2) is 58.8 Å². The Balaban J connectivity index is 1.84. The third-order valence-corrected chi connectivity index (χ3v) is 7.20. The van der Waals surface area contributed by atoms with Gasteiger partial charge in [0.15, 0.2) is 4.21 Å². The fourth-order valence-electron chi connectivity index (χ4n) is 2.46. The number of rotatable bonds is 5. The van der Waals surface area contributed by atoms with Crippen molar-refractivity contribution in [3.05, 3.63) is 65.3 Å². The Hall–Kier alpha value is -2.18. The molecule has 0 unspecified atom stereocenters. The summed E-state index contributed by atoms with van der Waals surface area (Å²) in [6, 6.07) is 17.3. The van der Waals surface area contributed by atoms with E-state index in [9.17, 15) is 8.42 Å². The van der Waals surface area contributed by atoms with E-state index >= 15 is 0 Å². The molecular weight excluding hydrogens is 352 g/mol. The van der Waals surface area contributed by atoms with Gasteiger partial charge in [0.2, 0.25) is 0 Å². The molecule has 25 heavy (non-hydrogen) atoms. The molecule has 1 heterocycles. The zero-order valence-corrected chi connectivity index (χ0v) is 16.0. The SMILES string of the molecule is Cc1nc(C(C)C)sc1S(=O)(=O)Nc1ccc(-c2ccccc2)cc1. The first kappa shape index (κ1) is 17.6. The van der Waals surface area contributed by atoms with E-state index in [4.69, 9.17) is 0 Å². The number of aryl methyl sites for hydroxylation is 1. The van der Waals surface area contributed by atoms with Crippen LogP contribution in [0.25, 0.3) is 11.1 Å². The van der Waals surface area contributed by atoms with E-state index in [1.807, 2.05) is 56.3 Å². The van der Waals surface area contributed by atoms with Gasteiger partial charge in [-0.15, -0.1) is 11.3 Å². The Morgan fingerprint density at radius 3 is 2.12 bits per heavy atom. The number of nitrogens with one attached hydrogen (secondary N) is 1. The zero-order valence-electron chi connectivity index (χ0n) is 14.4. The Bertz CT molecular complexity index is 960. The lowest BCUT2D eigenvalue weighted by atomic mass is 10.1. The van der Waals surface area contributed by atoms with Gasteiger partial charge in [0.1, 0.15) is 0 Å². The van der Waals surface area contributed by atoms with E-state index < -0.39 is 10.0 Å². The second-order valence-electron chi connectivity index (χ2n) is 6.13. The zero-order chi connectivity index (χ0) is 18.0. The van der Waals surface area contributed by atoms with E-state index in [1.165, 1.54) is 11.3 Å². The van der Waals surface area contributed by atoms with Crippen LogP contribution in [0.1, 0.15) is 30.5 Å². The maximum absolute atomic E-state index is 12.7. The number of thiazole rings is 1. The molecule has 1 aromatic heterocycles. The number of anilines is 1. The number of nitrogens with zero attached hydrogens (tertiary/aromatic N) is 1. The molecule has 0 saturated carbocycles. The lowest BCUT2D eigenvalue weighted by Gasteiger charge is -2.08. The maximum Gasteiger partial charge on any atom is 0.273 e. The molecule has 0 saturated heterocycles. The van der Waals surface area contributed by atoms with E-state index in [0.717, 1.165) is 16.1 Å². The van der Waals surface area contributed by atoms with Gasteiger partial charge in [-0.05, 0) is 30.2 Å². The first-order valence-electron chi connectivity index (χ1n) is 8.02. The molecule has 0 aliphatic carbocycles. The van der Waals surface area contributed by atoms with Gasteiger partial charge < -0.3 is 0 Å². The van der Waals surface area contributed by atoms with Crippen LogP contribution in [0.3, 0.4) is 0 Å². The third kappa shape index (κ3) is 3.91. The van der Waals surface area contributed by atoms with E-state index in [1.54, 1.807) is 19.1 Å². The Morgan fingerprint density at radius 2 is 1.56 bits per heavy atom. The molecule has 0 amide bonds. The molecule has 0 radical (unpaired) electrons. The Labute approximate surface area is 152 Å². The largest absolute Gasteiger partial charge is 0.279 e. The summed E-state index contributed by atoms with van der Waals surface area (Å²) >= 11 is 1.23. The molecular formula is C19H20N2O2S2. The lowest BCUT2D eigenvalue weighted by molar-refractivity contribution is 0.602. The second-order valence-corrected chi connectivity index (χ2v) is 9.04. The van der Waals surface area contributed by atoms with Gasteiger partial charge in [-0.25, -0.2) is 13.4 Å². The molecule has 2 aromatic carbocycles. The highest BCUT2D eigenvalue weighted by molar-refractivity contribution is 7.94. The summed E-state index contributed by atoms with van der Waals surface area (Å²) in [5.41, 5.74) is 3.22. The average molecular weight is 373 g/mol. The summed E-state index contributed by atoms with van der Waals surface area (Å²) in [7, 11) is -3.63. The number of aromatic nitrogens is 1. The van der Waals surface area contributed by atoms with Crippen LogP contribution in [0.2, 0.25) is 0 Å². The normalized spacial score (nSPS) is 11.7. The lowest BCUT2D eigenvalue weighted by Crippen LogP contribution is -2.12. The molecule has 0 aliphatic heterocycles. The predicted molar refractivity (Wildman–Crippen MR) is 104 cm³/mol. The van der Waals surface area contributed by atoms with Gasteiger partial charge in [-0.2, -0.15) is 0 Å². The number of benzene rings is 2. The van der Waals surface area contributed by atoms with Crippen molar-refractivity contribution in [3.8, 4) is 11.1 Å². The molecule has 0 fully saturated rings. The van der Waals surface area contributed by atoms with Gasteiger partial charge in [-0.3, -0.25) is 4.72 Å². The minimum Gasteiger partial charge on any atom is -0.279 e.